The molecule has 11 heteroatoms. The van der Waals surface area contributed by atoms with Crippen LogP contribution in [0, 0.1) is 5.92 Å². The molecule has 1 spiro atoms. The number of hydrogen-bond acceptors (Lipinski definition) is 7. The first-order valence-electron chi connectivity index (χ1n) is 16.0. The third-order valence-electron chi connectivity index (χ3n) is 9.65. The maximum absolute atomic E-state index is 13.9. The molecule has 3 fully saturated rings. The van der Waals surface area contributed by atoms with Crippen LogP contribution < -0.4 is 15.4 Å². The van der Waals surface area contributed by atoms with E-state index in [1.54, 1.807) is 36.2 Å². The molecule has 4 N–H and O–H groups in total. The Labute approximate surface area is 271 Å². The van der Waals surface area contributed by atoms with Crippen molar-refractivity contribution in [2.24, 2.45) is 5.92 Å². The first-order chi connectivity index (χ1) is 21.2. The molecule has 2 aliphatic heterocycles. The highest BCUT2D eigenvalue weighted by atomic mass is 35.5. The summed E-state index contributed by atoms with van der Waals surface area (Å²) < 4.78 is 5.95. The van der Waals surface area contributed by atoms with E-state index in [9.17, 15) is 24.6 Å². The second-order valence-corrected chi connectivity index (χ2v) is 12.5. The Kier molecular flexibility index (Phi) is 11.9. The van der Waals surface area contributed by atoms with Crippen molar-refractivity contribution >= 4 is 30.1 Å². The van der Waals surface area contributed by atoms with Crippen LogP contribution in [0.25, 0.3) is 0 Å². The van der Waals surface area contributed by atoms with Crippen molar-refractivity contribution in [3.05, 3.63) is 59.7 Å². The second-order valence-electron chi connectivity index (χ2n) is 12.5. The number of piperidine rings is 1. The van der Waals surface area contributed by atoms with Crippen LogP contribution >= 0.6 is 12.4 Å². The number of aliphatic hydroxyl groups is 2. The monoisotopic (exact) mass is 642 g/mol. The van der Waals surface area contributed by atoms with Gasteiger partial charge in [-0.2, -0.15) is 0 Å². The van der Waals surface area contributed by atoms with Crippen LogP contribution in [0.15, 0.2) is 48.5 Å². The van der Waals surface area contributed by atoms with E-state index in [-0.39, 0.29) is 42.2 Å². The normalized spacial score (nSPS) is 24.0. The Morgan fingerprint density at radius 3 is 2.20 bits per heavy atom. The molecule has 0 unspecified atom stereocenters. The average molecular weight is 643 g/mol. The highest BCUT2D eigenvalue weighted by Crippen LogP contribution is 2.36. The molecule has 0 radical (unpaired) electrons. The molecule has 0 bridgehead atoms. The van der Waals surface area contributed by atoms with Crippen LogP contribution in [0.4, 0.5) is 0 Å². The number of nitrogens with one attached hydrogen (secondary N) is 2. The number of carbonyl (C=O) groups is 3. The second kappa shape index (κ2) is 15.4. The number of rotatable bonds is 10. The van der Waals surface area contributed by atoms with Gasteiger partial charge in [-0.05, 0) is 92.8 Å². The fourth-order valence-electron chi connectivity index (χ4n) is 6.88. The van der Waals surface area contributed by atoms with Crippen molar-refractivity contribution in [1.82, 2.24) is 20.4 Å². The van der Waals surface area contributed by atoms with E-state index in [0.717, 1.165) is 24.9 Å². The first-order valence-corrected chi connectivity index (χ1v) is 16.0. The van der Waals surface area contributed by atoms with E-state index < -0.39 is 17.7 Å². The minimum absolute atomic E-state index is 0. The Hall–Kier alpha value is -3.18. The van der Waals surface area contributed by atoms with Crippen molar-refractivity contribution in [1.29, 1.82) is 0 Å². The molecule has 3 amide bonds. The van der Waals surface area contributed by atoms with Gasteiger partial charge in [-0.15, -0.1) is 12.4 Å². The molecule has 2 atom stereocenters. The number of unbranched alkanes of at least 4 members (excludes halogenated alkanes) is 1. The average Bonchev–Trinajstić information content (AvgIpc) is 3.04. The van der Waals surface area contributed by atoms with Crippen LogP contribution in [0.2, 0.25) is 0 Å². The summed E-state index contributed by atoms with van der Waals surface area (Å²) in [4.78, 5) is 43.4. The lowest BCUT2D eigenvalue weighted by atomic mass is 9.77. The summed E-state index contributed by atoms with van der Waals surface area (Å²) in [6, 6.07) is 13.9. The lowest BCUT2D eigenvalue weighted by molar-refractivity contribution is -0.166. The van der Waals surface area contributed by atoms with E-state index in [4.69, 9.17) is 4.74 Å². The fraction of sp³-hybridized carbons (Fsp3) is 0.559. The molecular formula is C34H47ClN4O6. The van der Waals surface area contributed by atoms with E-state index >= 15 is 0 Å². The Balaban J connectivity index is 0.00000461. The van der Waals surface area contributed by atoms with Gasteiger partial charge in [0, 0.05) is 38.8 Å². The predicted molar refractivity (Wildman–Crippen MR) is 173 cm³/mol. The molecule has 2 saturated heterocycles. The lowest BCUT2D eigenvalue weighted by Gasteiger charge is -2.52. The largest absolute Gasteiger partial charge is 0.457 e. The molecule has 2 heterocycles. The summed E-state index contributed by atoms with van der Waals surface area (Å²) in [5.41, 5.74) is 0.795. The first kappa shape index (κ1) is 34.7. The van der Waals surface area contributed by atoms with E-state index in [1.165, 1.54) is 0 Å². The summed E-state index contributed by atoms with van der Waals surface area (Å²) in [5, 5.41) is 26.6. The quantitative estimate of drug-likeness (QED) is 0.311. The van der Waals surface area contributed by atoms with Crippen LogP contribution in [0.1, 0.15) is 74.2 Å². The molecule has 1 saturated carbocycles. The van der Waals surface area contributed by atoms with Gasteiger partial charge >= 0.3 is 0 Å². The fourth-order valence-corrected chi connectivity index (χ4v) is 6.88. The number of likely N-dealkylation sites (tertiary alicyclic amines) is 1. The Morgan fingerprint density at radius 2 is 1.62 bits per heavy atom. The minimum atomic E-state index is -0.950. The van der Waals surface area contributed by atoms with Crippen molar-refractivity contribution in [2.45, 2.75) is 88.6 Å². The zero-order valence-corrected chi connectivity index (χ0v) is 27.1. The Bertz CT molecular complexity index is 1290. The standard InChI is InChI=1S/C34H46N4O6.ClH/c1-3-4-19-38-32(42)29(30(40)24-7-11-26(39)12-8-24)36-33(43)34(38)17-20-37(21-18-34)22-23-5-13-27(14-6-23)44-28-15-9-25(10-16-28)31(41)35-2;/h5-6,9-10,13-16,24,26,29-30,39-40H,3-4,7-8,11-12,17-22H2,1-2H3,(H,35,41)(H,36,43);1H/t24-,26-,29-,30-;/m1./s1. The molecule has 0 aromatic heterocycles. The number of benzene rings is 2. The maximum Gasteiger partial charge on any atom is 0.251 e. The van der Waals surface area contributed by atoms with Crippen molar-refractivity contribution in [3.63, 3.8) is 0 Å². The van der Waals surface area contributed by atoms with Gasteiger partial charge in [0.1, 0.15) is 23.1 Å². The van der Waals surface area contributed by atoms with E-state index in [2.05, 4.69) is 22.5 Å². The molecule has 5 rings (SSSR count). The van der Waals surface area contributed by atoms with Gasteiger partial charge < -0.3 is 30.5 Å². The number of aliphatic hydroxyl groups excluding tert-OH is 2. The maximum atomic E-state index is 13.9. The third kappa shape index (κ3) is 7.80. The van der Waals surface area contributed by atoms with Crippen molar-refractivity contribution in [3.8, 4) is 11.5 Å². The van der Waals surface area contributed by atoms with Crippen LogP contribution in [0.3, 0.4) is 0 Å². The van der Waals surface area contributed by atoms with Crippen LogP contribution in [-0.2, 0) is 16.1 Å². The summed E-state index contributed by atoms with van der Waals surface area (Å²) in [7, 11) is 1.60. The zero-order chi connectivity index (χ0) is 31.3. The van der Waals surface area contributed by atoms with Crippen molar-refractivity contribution < 1.29 is 29.3 Å². The van der Waals surface area contributed by atoms with E-state index in [0.29, 0.717) is 75.2 Å². The van der Waals surface area contributed by atoms with Crippen LogP contribution in [-0.4, -0.2) is 88.2 Å². The van der Waals surface area contributed by atoms with Gasteiger partial charge in [0.15, 0.2) is 0 Å². The number of hydrogen-bond donors (Lipinski definition) is 4. The molecule has 45 heavy (non-hydrogen) atoms. The van der Waals surface area contributed by atoms with Gasteiger partial charge in [-0.25, -0.2) is 0 Å². The number of amides is 3. The molecule has 1 aliphatic carbocycles. The molecule has 10 nitrogen and oxygen atoms in total. The molecule has 3 aliphatic rings. The molecule has 2 aromatic rings. The number of nitrogens with zero attached hydrogens (tertiary/aromatic N) is 2. The van der Waals surface area contributed by atoms with Gasteiger partial charge in [-0.1, -0.05) is 25.5 Å². The minimum Gasteiger partial charge on any atom is -0.457 e. The zero-order valence-electron chi connectivity index (χ0n) is 26.2. The topological polar surface area (TPSA) is 131 Å². The number of piperazine rings is 1. The molecular weight excluding hydrogens is 596 g/mol. The third-order valence-corrected chi connectivity index (χ3v) is 9.65. The Morgan fingerprint density at radius 1 is 1.02 bits per heavy atom. The number of ether oxygens (including phenoxy) is 1. The number of carbonyl (C=O) groups excluding carboxylic acids is 3. The van der Waals surface area contributed by atoms with Gasteiger partial charge in [0.05, 0.1) is 12.2 Å². The summed E-state index contributed by atoms with van der Waals surface area (Å²) in [6.45, 7) is 4.64. The SMILES string of the molecule is CCCCN1C(=O)[C@@H]([C@H](O)[C@H]2CC[C@H](O)CC2)NC(=O)C12CCN(Cc1ccc(Oc3ccc(C(=O)NC)cc3)cc1)CC2.Cl. The van der Waals surface area contributed by atoms with Crippen molar-refractivity contribution in [2.75, 3.05) is 26.7 Å². The van der Waals surface area contributed by atoms with Gasteiger partial charge in [-0.3, -0.25) is 19.3 Å². The predicted octanol–water partition coefficient (Wildman–Crippen LogP) is 3.63. The smallest absolute Gasteiger partial charge is 0.251 e. The summed E-state index contributed by atoms with van der Waals surface area (Å²) in [5.74, 6) is 0.759. The summed E-state index contributed by atoms with van der Waals surface area (Å²) >= 11 is 0. The lowest BCUT2D eigenvalue weighted by Crippen LogP contribution is -2.75. The van der Waals surface area contributed by atoms with Crippen LogP contribution in [0.5, 0.6) is 11.5 Å². The molecule has 246 valence electrons. The summed E-state index contributed by atoms with van der Waals surface area (Å²) in [6.07, 6.45) is 4.01. The van der Waals surface area contributed by atoms with E-state index in [1.807, 2.05) is 24.3 Å². The number of halogens is 1. The highest BCUT2D eigenvalue weighted by Gasteiger charge is 2.55. The van der Waals surface area contributed by atoms with Gasteiger partial charge in [0.2, 0.25) is 11.8 Å². The molecule has 2 aromatic carbocycles. The van der Waals surface area contributed by atoms with Gasteiger partial charge in [0.25, 0.3) is 5.91 Å². The highest BCUT2D eigenvalue weighted by molar-refractivity contribution is 6.00.